The van der Waals surface area contributed by atoms with Crippen LogP contribution in [0.4, 0.5) is 0 Å². The molecule has 2 saturated heterocycles. The van der Waals surface area contributed by atoms with Gasteiger partial charge in [0.25, 0.3) is 0 Å². The summed E-state index contributed by atoms with van der Waals surface area (Å²) in [7, 11) is 0. The number of rotatable bonds is 48. The molecule has 0 radical (unpaired) electrons. The van der Waals surface area contributed by atoms with Crippen LogP contribution in [0, 0.1) is 0 Å². The summed E-state index contributed by atoms with van der Waals surface area (Å²) in [5.74, 6) is -1.01. The molecule has 446 valence electrons. The van der Waals surface area contributed by atoms with Crippen LogP contribution in [0.5, 0.6) is 0 Å². The highest BCUT2D eigenvalue weighted by Gasteiger charge is 2.47. The fourth-order valence-electron chi connectivity index (χ4n) is 9.32. The summed E-state index contributed by atoms with van der Waals surface area (Å²) in [6, 6.07) is 0. The number of aliphatic hydroxyl groups excluding tert-OH is 7. The van der Waals surface area contributed by atoms with Crippen LogP contribution >= 0.6 is 0 Å². The van der Waals surface area contributed by atoms with Gasteiger partial charge in [-0.15, -0.1) is 0 Å². The molecule has 15 heteroatoms. The third-order valence-electron chi connectivity index (χ3n) is 14.3. The van der Waals surface area contributed by atoms with E-state index in [1.54, 1.807) is 0 Å². The van der Waals surface area contributed by atoms with Gasteiger partial charge in [-0.2, -0.15) is 0 Å². The average Bonchev–Trinajstić information content (AvgIpc) is 3.43. The van der Waals surface area contributed by atoms with E-state index < -0.39 is 99.3 Å². The van der Waals surface area contributed by atoms with Crippen molar-refractivity contribution >= 4 is 11.9 Å². The number of esters is 2. The Morgan fingerprint density at radius 2 is 0.805 bits per heavy atom. The van der Waals surface area contributed by atoms with E-state index in [4.69, 9.17) is 28.4 Å². The summed E-state index contributed by atoms with van der Waals surface area (Å²) < 4.78 is 33.6. The predicted molar refractivity (Wildman–Crippen MR) is 303 cm³/mol. The fraction of sp³-hybridized carbons (Fsp3) is 0.806. The molecule has 0 saturated carbocycles. The van der Waals surface area contributed by atoms with E-state index in [1.807, 2.05) is 12.2 Å². The predicted octanol–water partition coefficient (Wildman–Crippen LogP) is 10.8. The minimum Gasteiger partial charge on any atom is -0.462 e. The fourth-order valence-corrected chi connectivity index (χ4v) is 9.32. The van der Waals surface area contributed by atoms with E-state index in [1.165, 1.54) is 135 Å². The van der Waals surface area contributed by atoms with Crippen molar-refractivity contribution in [2.45, 2.75) is 293 Å². The Balaban J connectivity index is 1.76. The molecule has 0 aromatic rings. The number of carbonyl (C=O) groups excluding carboxylic acids is 2. The summed E-state index contributed by atoms with van der Waals surface area (Å²) in [4.78, 5) is 25.9. The second-order valence-corrected chi connectivity index (χ2v) is 21.2. The van der Waals surface area contributed by atoms with Gasteiger partial charge in [0, 0.05) is 12.8 Å². The van der Waals surface area contributed by atoms with Crippen molar-refractivity contribution in [1.29, 1.82) is 0 Å². The van der Waals surface area contributed by atoms with Crippen molar-refractivity contribution in [2.24, 2.45) is 0 Å². The Bertz CT molecular complexity index is 1570. The standard InChI is InChI=1S/C62H108O15/c1-3-5-7-9-11-13-15-17-19-21-23-24-25-27-29-31-33-35-37-39-41-43-45-54(65)75-50(47-72-53(64)44-42-40-38-36-34-32-30-28-26-22-20-18-16-14-12-10-8-6-4-2)48-73-61-60(71)58(69)56(67)52(77-61)49-74-62-59(70)57(68)55(66)51(46-63)76-62/h12,14,18,20,26,28,32,34,38,40,50-52,55-63,66-71H,3-11,13,15-17,19,21-25,27,29-31,33,35-37,39,41-49H2,1-2H3/b14-12+,20-18+,28-26+,34-32+,40-38+/t50-,51+,52+,55-,56-,57?,58?,59?,60?,61+,62+/m1/s1. The highest BCUT2D eigenvalue weighted by atomic mass is 16.7. The molecule has 0 bridgehead atoms. The Hall–Kier alpha value is -2.80. The summed E-state index contributed by atoms with van der Waals surface area (Å²) in [5, 5.41) is 72.3. The molecule has 0 aromatic heterocycles. The Labute approximate surface area is 464 Å². The first-order valence-corrected chi connectivity index (χ1v) is 30.4. The first-order chi connectivity index (χ1) is 37.5. The molecule has 11 atom stereocenters. The maximum Gasteiger partial charge on any atom is 0.306 e. The second kappa shape index (κ2) is 48.0. The zero-order valence-electron chi connectivity index (χ0n) is 47.7. The lowest BCUT2D eigenvalue weighted by molar-refractivity contribution is -0.332. The van der Waals surface area contributed by atoms with Crippen LogP contribution in [0.2, 0.25) is 0 Å². The van der Waals surface area contributed by atoms with Crippen LogP contribution in [0.3, 0.4) is 0 Å². The van der Waals surface area contributed by atoms with E-state index in [9.17, 15) is 45.3 Å². The topological polar surface area (TPSA) is 231 Å². The smallest absolute Gasteiger partial charge is 0.306 e. The monoisotopic (exact) mass is 1090 g/mol. The van der Waals surface area contributed by atoms with Gasteiger partial charge in [0.05, 0.1) is 19.8 Å². The molecule has 2 aliphatic heterocycles. The van der Waals surface area contributed by atoms with Gasteiger partial charge in [-0.25, -0.2) is 0 Å². The molecule has 7 N–H and O–H groups in total. The number of hydrogen-bond acceptors (Lipinski definition) is 15. The Morgan fingerprint density at radius 1 is 0.416 bits per heavy atom. The highest BCUT2D eigenvalue weighted by Crippen LogP contribution is 2.27. The molecule has 4 unspecified atom stereocenters. The highest BCUT2D eigenvalue weighted by molar-refractivity contribution is 5.70. The molecule has 0 amide bonds. The van der Waals surface area contributed by atoms with Crippen LogP contribution in [0.15, 0.2) is 60.8 Å². The van der Waals surface area contributed by atoms with Crippen molar-refractivity contribution in [1.82, 2.24) is 0 Å². The Kier molecular flexibility index (Phi) is 43.8. The molecule has 77 heavy (non-hydrogen) atoms. The van der Waals surface area contributed by atoms with E-state index >= 15 is 0 Å². The first-order valence-electron chi connectivity index (χ1n) is 30.4. The number of aliphatic hydroxyl groups is 7. The first kappa shape index (κ1) is 70.3. The molecule has 2 rings (SSSR count). The summed E-state index contributed by atoms with van der Waals surface area (Å²) >= 11 is 0. The van der Waals surface area contributed by atoms with Gasteiger partial charge < -0.3 is 64.2 Å². The third-order valence-corrected chi connectivity index (χ3v) is 14.3. The van der Waals surface area contributed by atoms with E-state index in [2.05, 4.69) is 62.5 Å². The van der Waals surface area contributed by atoms with Crippen LogP contribution in [-0.2, 0) is 38.0 Å². The second-order valence-electron chi connectivity index (χ2n) is 21.2. The van der Waals surface area contributed by atoms with Gasteiger partial charge in [-0.1, -0.05) is 222 Å². The van der Waals surface area contributed by atoms with E-state index in [0.717, 1.165) is 51.4 Å². The largest absolute Gasteiger partial charge is 0.462 e. The van der Waals surface area contributed by atoms with Crippen molar-refractivity contribution in [3.8, 4) is 0 Å². The van der Waals surface area contributed by atoms with Crippen LogP contribution in [0.1, 0.15) is 226 Å². The Morgan fingerprint density at radius 3 is 1.27 bits per heavy atom. The molecular formula is C62H108O15. The zero-order chi connectivity index (χ0) is 56.0. The molecule has 15 nitrogen and oxygen atoms in total. The molecular weight excluding hydrogens is 985 g/mol. The lowest BCUT2D eigenvalue weighted by Crippen LogP contribution is -2.61. The van der Waals surface area contributed by atoms with Gasteiger partial charge in [-0.05, 0) is 51.4 Å². The SMILES string of the molecule is CCCCC/C=C/C/C=C/C/C=C/C/C=C/C/C=C/CCC(=O)OC[C@H](CO[C@H]1O[C@@H](CO[C@H]2O[C@@H](CO)[C@@H](O)C(O)C2O)[C@@H](O)C(O)C1O)OC(=O)CCCCCCCCCCCCCCCCCCCCCCCC. The molecule has 2 aliphatic rings. The molecule has 0 aliphatic carbocycles. The lowest BCUT2D eigenvalue weighted by atomic mass is 9.98. The average molecular weight is 1090 g/mol. The molecule has 2 fully saturated rings. The normalized spacial score (nSPS) is 24.6. The molecule has 0 spiro atoms. The van der Waals surface area contributed by atoms with E-state index in [0.29, 0.717) is 12.8 Å². The van der Waals surface area contributed by atoms with Crippen LogP contribution < -0.4 is 0 Å². The van der Waals surface area contributed by atoms with Gasteiger partial charge >= 0.3 is 11.9 Å². The number of unbranched alkanes of at least 4 members (excludes halogenated alkanes) is 24. The number of ether oxygens (including phenoxy) is 6. The van der Waals surface area contributed by atoms with Gasteiger partial charge in [0.1, 0.15) is 55.4 Å². The summed E-state index contributed by atoms with van der Waals surface area (Å²) in [6.45, 7) is 2.52. The van der Waals surface area contributed by atoms with Crippen molar-refractivity contribution < 1.29 is 73.8 Å². The van der Waals surface area contributed by atoms with Gasteiger partial charge in [0.2, 0.25) is 0 Å². The third kappa shape index (κ3) is 34.8. The van der Waals surface area contributed by atoms with Crippen molar-refractivity contribution in [2.75, 3.05) is 26.4 Å². The lowest BCUT2D eigenvalue weighted by Gasteiger charge is -2.42. The number of allylic oxidation sites excluding steroid dienone is 10. The molecule has 0 aromatic carbocycles. The van der Waals surface area contributed by atoms with Crippen LogP contribution in [-0.4, -0.2) is 142 Å². The minimum atomic E-state index is -1.78. The quantitative estimate of drug-likeness (QED) is 0.0171. The van der Waals surface area contributed by atoms with E-state index in [-0.39, 0.29) is 19.4 Å². The number of hydrogen-bond donors (Lipinski definition) is 7. The van der Waals surface area contributed by atoms with Gasteiger partial charge in [-0.3, -0.25) is 9.59 Å². The van der Waals surface area contributed by atoms with Crippen molar-refractivity contribution in [3.05, 3.63) is 60.8 Å². The zero-order valence-corrected chi connectivity index (χ0v) is 47.7. The summed E-state index contributed by atoms with van der Waals surface area (Å²) in [5.41, 5.74) is 0. The maximum atomic E-state index is 13.1. The van der Waals surface area contributed by atoms with Gasteiger partial charge in [0.15, 0.2) is 18.7 Å². The van der Waals surface area contributed by atoms with Crippen LogP contribution in [0.25, 0.3) is 0 Å². The van der Waals surface area contributed by atoms with Crippen molar-refractivity contribution in [3.63, 3.8) is 0 Å². The summed E-state index contributed by atoms with van der Waals surface area (Å²) in [6.07, 6.45) is 41.1. The maximum absolute atomic E-state index is 13.1. The minimum absolute atomic E-state index is 0.0940. The molecule has 2 heterocycles. The number of carbonyl (C=O) groups is 2.